The molecule has 5 rings (SSSR count). The standard InChI is InChI=1S/C20H28F2N6O2S/c1-26-7-6-18(16(22)11-26)28-9-4-13-10-23-20(25-19(13)28)24-17-5-8-27(12-15(17)21)31(29,30)14-2-3-14/h4,9-10,14-18H,2-3,5-8,11-12H2,1H3,(H,23,24,25)/t15-,16-,17-,18-/m1/s1. The maximum absolute atomic E-state index is 14.8. The number of halogens is 2. The second kappa shape index (κ2) is 7.93. The zero-order valence-electron chi connectivity index (χ0n) is 17.5. The van der Waals surface area contributed by atoms with E-state index in [1.165, 1.54) is 4.31 Å². The average Bonchev–Trinajstić information content (AvgIpc) is 3.51. The van der Waals surface area contributed by atoms with Crippen LogP contribution in [0.1, 0.15) is 31.7 Å². The number of nitrogens with one attached hydrogen (secondary N) is 1. The third kappa shape index (κ3) is 4.03. The summed E-state index contributed by atoms with van der Waals surface area (Å²) in [5.74, 6) is 0.280. The van der Waals surface area contributed by atoms with E-state index in [0.717, 1.165) is 11.9 Å². The van der Waals surface area contributed by atoms with Crippen LogP contribution in [0.5, 0.6) is 0 Å². The summed E-state index contributed by atoms with van der Waals surface area (Å²) in [4.78, 5) is 10.8. The Balaban J connectivity index is 1.31. The number of nitrogens with zero attached hydrogens (tertiary/aromatic N) is 5. The van der Waals surface area contributed by atoms with Crippen LogP contribution in [-0.4, -0.2) is 89.0 Å². The SMILES string of the molecule is CN1CC[C@@H](n2ccc3cnc(N[C@@H]4CCN(S(=O)(=O)C5CC5)C[C@H]4F)nc32)[C@H](F)C1. The van der Waals surface area contributed by atoms with Gasteiger partial charge in [0.15, 0.2) is 0 Å². The molecule has 3 fully saturated rings. The number of aromatic nitrogens is 3. The minimum Gasteiger partial charge on any atom is -0.348 e. The fourth-order valence-corrected chi connectivity index (χ4v) is 6.51. The van der Waals surface area contributed by atoms with E-state index in [0.29, 0.717) is 37.9 Å². The molecule has 31 heavy (non-hydrogen) atoms. The van der Waals surface area contributed by atoms with Crippen LogP contribution in [-0.2, 0) is 10.0 Å². The number of hydrogen-bond acceptors (Lipinski definition) is 6. The lowest BCUT2D eigenvalue weighted by Gasteiger charge is -2.34. The Hall–Kier alpha value is -1.85. The molecular formula is C20H28F2N6O2S. The van der Waals surface area contributed by atoms with Gasteiger partial charge in [-0.15, -0.1) is 0 Å². The second-order valence-electron chi connectivity index (χ2n) is 8.99. The highest BCUT2D eigenvalue weighted by Crippen LogP contribution is 2.33. The largest absolute Gasteiger partial charge is 0.348 e. The van der Waals surface area contributed by atoms with Gasteiger partial charge < -0.3 is 14.8 Å². The van der Waals surface area contributed by atoms with Crippen LogP contribution in [0, 0.1) is 0 Å². The molecule has 0 aromatic carbocycles. The van der Waals surface area contributed by atoms with Crippen molar-refractivity contribution in [3.8, 4) is 0 Å². The first-order valence-electron chi connectivity index (χ1n) is 10.9. The van der Waals surface area contributed by atoms with Crippen LogP contribution >= 0.6 is 0 Å². The number of alkyl halides is 2. The van der Waals surface area contributed by atoms with E-state index in [9.17, 15) is 17.2 Å². The molecule has 0 spiro atoms. The van der Waals surface area contributed by atoms with Crippen LogP contribution in [0.4, 0.5) is 14.7 Å². The lowest BCUT2D eigenvalue weighted by atomic mass is 10.0. The Morgan fingerprint density at radius 1 is 1.10 bits per heavy atom. The quantitative estimate of drug-likeness (QED) is 0.744. The fraction of sp³-hybridized carbons (Fsp3) is 0.700. The lowest BCUT2D eigenvalue weighted by Crippen LogP contribution is -2.50. The molecule has 4 heterocycles. The van der Waals surface area contributed by atoms with Gasteiger partial charge in [-0.25, -0.2) is 22.2 Å². The van der Waals surface area contributed by atoms with E-state index in [1.807, 2.05) is 28.8 Å². The summed E-state index contributed by atoms with van der Waals surface area (Å²) in [5.41, 5.74) is 0.624. The van der Waals surface area contributed by atoms with Crippen molar-refractivity contribution < 1.29 is 17.2 Å². The molecule has 1 saturated carbocycles. The highest BCUT2D eigenvalue weighted by atomic mass is 32.2. The van der Waals surface area contributed by atoms with Crippen molar-refractivity contribution in [3.63, 3.8) is 0 Å². The molecule has 1 N–H and O–H groups in total. The molecule has 0 radical (unpaired) electrons. The zero-order valence-corrected chi connectivity index (χ0v) is 18.3. The number of piperidine rings is 2. The second-order valence-corrected chi connectivity index (χ2v) is 11.2. The summed E-state index contributed by atoms with van der Waals surface area (Å²) in [6, 6.07) is 1.01. The van der Waals surface area contributed by atoms with E-state index in [-0.39, 0.29) is 30.3 Å². The van der Waals surface area contributed by atoms with Crippen molar-refractivity contribution in [1.29, 1.82) is 0 Å². The zero-order chi connectivity index (χ0) is 21.8. The van der Waals surface area contributed by atoms with E-state index < -0.39 is 28.4 Å². The van der Waals surface area contributed by atoms with Crippen molar-refractivity contribution in [2.75, 3.05) is 38.5 Å². The first-order valence-corrected chi connectivity index (χ1v) is 12.4. The highest BCUT2D eigenvalue weighted by molar-refractivity contribution is 7.90. The molecule has 0 unspecified atom stereocenters. The molecular weight excluding hydrogens is 426 g/mol. The Bertz CT molecular complexity index is 1060. The molecule has 1 aliphatic carbocycles. The maximum Gasteiger partial charge on any atom is 0.224 e. The molecule has 2 aliphatic heterocycles. The topological polar surface area (TPSA) is 83.4 Å². The Labute approximate surface area is 180 Å². The first kappa shape index (κ1) is 21.0. The molecule has 3 aliphatic rings. The maximum atomic E-state index is 14.8. The smallest absolute Gasteiger partial charge is 0.224 e. The summed E-state index contributed by atoms with van der Waals surface area (Å²) < 4.78 is 57.4. The summed E-state index contributed by atoms with van der Waals surface area (Å²) in [5, 5.41) is 3.52. The molecule has 8 nitrogen and oxygen atoms in total. The van der Waals surface area contributed by atoms with Crippen molar-refractivity contribution in [2.24, 2.45) is 0 Å². The monoisotopic (exact) mass is 454 g/mol. The van der Waals surface area contributed by atoms with Crippen LogP contribution in [0.25, 0.3) is 11.0 Å². The van der Waals surface area contributed by atoms with Crippen molar-refractivity contribution in [1.82, 2.24) is 23.7 Å². The minimum absolute atomic E-state index is 0.145. The van der Waals surface area contributed by atoms with E-state index in [1.54, 1.807) is 6.20 Å². The van der Waals surface area contributed by atoms with Gasteiger partial charge in [0.05, 0.1) is 17.3 Å². The van der Waals surface area contributed by atoms with Crippen LogP contribution in [0.15, 0.2) is 18.5 Å². The Kier molecular flexibility index (Phi) is 5.38. The van der Waals surface area contributed by atoms with Gasteiger partial charge in [-0.3, -0.25) is 0 Å². The van der Waals surface area contributed by atoms with E-state index >= 15 is 0 Å². The summed E-state index contributed by atoms with van der Waals surface area (Å²) in [7, 11) is -1.46. The average molecular weight is 455 g/mol. The van der Waals surface area contributed by atoms with Gasteiger partial charge >= 0.3 is 0 Å². The molecule has 11 heteroatoms. The van der Waals surface area contributed by atoms with E-state index in [2.05, 4.69) is 15.3 Å². The number of fused-ring (bicyclic) bond motifs is 1. The number of sulfonamides is 1. The molecule has 4 atom stereocenters. The van der Waals surface area contributed by atoms with Crippen molar-refractivity contribution >= 4 is 27.0 Å². The minimum atomic E-state index is -3.37. The predicted octanol–water partition coefficient (Wildman–Crippen LogP) is 1.96. The number of anilines is 1. The molecule has 2 aromatic rings. The van der Waals surface area contributed by atoms with Gasteiger partial charge in [-0.1, -0.05) is 0 Å². The number of hydrogen-bond donors (Lipinski definition) is 1. The third-order valence-electron chi connectivity index (χ3n) is 6.65. The van der Waals surface area contributed by atoms with E-state index in [4.69, 9.17) is 0 Å². The van der Waals surface area contributed by atoms with Crippen LogP contribution in [0.3, 0.4) is 0 Å². The molecule has 2 saturated heterocycles. The fourth-order valence-electron chi connectivity index (χ4n) is 4.65. The van der Waals surface area contributed by atoms with Crippen LogP contribution < -0.4 is 5.32 Å². The van der Waals surface area contributed by atoms with Gasteiger partial charge in [-0.2, -0.15) is 9.29 Å². The lowest BCUT2D eigenvalue weighted by molar-refractivity contribution is 0.109. The summed E-state index contributed by atoms with van der Waals surface area (Å²) in [6.07, 6.45) is 3.52. The van der Waals surface area contributed by atoms with Gasteiger partial charge in [0, 0.05) is 44.0 Å². The molecule has 2 aromatic heterocycles. The number of likely N-dealkylation sites (tertiary alicyclic amines) is 1. The molecule has 0 bridgehead atoms. The predicted molar refractivity (Wildman–Crippen MR) is 114 cm³/mol. The summed E-state index contributed by atoms with van der Waals surface area (Å²) in [6.45, 7) is 1.34. The van der Waals surface area contributed by atoms with Gasteiger partial charge in [0.1, 0.15) is 18.0 Å². The van der Waals surface area contributed by atoms with Crippen LogP contribution in [0.2, 0.25) is 0 Å². The normalized spacial score (nSPS) is 31.2. The number of rotatable bonds is 5. The first-order chi connectivity index (χ1) is 14.8. The summed E-state index contributed by atoms with van der Waals surface area (Å²) >= 11 is 0. The van der Waals surface area contributed by atoms with Gasteiger partial charge in [-0.05, 0) is 38.8 Å². The van der Waals surface area contributed by atoms with Crippen molar-refractivity contribution in [2.45, 2.75) is 55.4 Å². The van der Waals surface area contributed by atoms with Gasteiger partial charge in [0.25, 0.3) is 0 Å². The molecule has 0 amide bonds. The van der Waals surface area contributed by atoms with Gasteiger partial charge in [0.2, 0.25) is 16.0 Å². The molecule has 170 valence electrons. The van der Waals surface area contributed by atoms with Crippen molar-refractivity contribution in [3.05, 3.63) is 18.5 Å². The highest BCUT2D eigenvalue weighted by Gasteiger charge is 2.43. The third-order valence-corrected chi connectivity index (χ3v) is 9.01. The Morgan fingerprint density at radius 3 is 2.61 bits per heavy atom. The Morgan fingerprint density at radius 2 is 1.90 bits per heavy atom.